The summed E-state index contributed by atoms with van der Waals surface area (Å²) in [5.74, 6) is -0.301. The number of carbonyl (C=O) groups excluding carboxylic acids is 2. The highest BCUT2D eigenvalue weighted by atomic mass is 35.5. The minimum Gasteiger partial charge on any atom is -0.360 e. The van der Waals surface area contributed by atoms with Crippen LogP contribution >= 0.6 is 11.6 Å². The van der Waals surface area contributed by atoms with Gasteiger partial charge in [0.15, 0.2) is 0 Å². The van der Waals surface area contributed by atoms with Gasteiger partial charge in [-0.1, -0.05) is 41.9 Å². The molecule has 2 N–H and O–H groups in total. The van der Waals surface area contributed by atoms with Gasteiger partial charge in [0.25, 0.3) is 5.91 Å². The molecule has 1 aromatic heterocycles. The number of halogens is 1. The van der Waals surface area contributed by atoms with E-state index in [9.17, 15) is 9.59 Å². The van der Waals surface area contributed by atoms with Crippen LogP contribution in [-0.2, 0) is 4.79 Å². The first-order valence-electron chi connectivity index (χ1n) is 7.30. The van der Waals surface area contributed by atoms with Gasteiger partial charge in [-0.15, -0.1) is 0 Å². The topological polar surface area (TPSA) is 84.2 Å². The molecule has 23 heavy (non-hydrogen) atoms. The summed E-state index contributed by atoms with van der Waals surface area (Å²) in [5, 5.41) is 9.65. The first-order chi connectivity index (χ1) is 11.0. The van der Waals surface area contributed by atoms with Crippen molar-refractivity contribution in [3.8, 4) is 11.3 Å². The van der Waals surface area contributed by atoms with Crippen LogP contribution in [0.4, 0.5) is 0 Å². The van der Waals surface area contributed by atoms with Gasteiger partial charge >= 0.3 is 0 Å². The molecule has 0 fully saturated rings. The van der Waals surface area contributed by atoms with E-state index in [1.165, 1.54) is 0 Å². The lowest BCUT2D eigenvalue weighted by molar-refractivity contribution is -0.120. The molecule has 0 atom stereocenters. The van der Waals surface area contributed by atoms with Crippen LogP contribution in [0, 0.1) is 6.92 Å². The number of nitrogens with one attached hydrogen (secondary N) is 2. The second-order valence-corrected chi connectivity index (χ2v) is 5.38. The quantitative estimate of drug-likeness (QED) is 0.849. The van der Waals surface area contributed by atoms with Crippen molar-refractivity contribution in [2.24, 2.45) is 0 Å². The summed E-state index contributed by atoms with van der Waals surface area (Å²) in [6.07, 6.45) is 0.834. The molecule has 0 radical (unpaired) electrons. The van der Waals surface area contributed by atoms with Crippen LogP contribution in [0.25, 0.3) is 11.3 Å². The predicted molar refractivity (Wildman–Crippen MR) is 87.3 cm³/mol. The van der Waals surface area contributed by atoms with Crippen molar-refractivity contribution in [3.63, 3.8) is 0 Å². The van der Waals surface area contributed by atoms with Crippen molar-refractivity contribution >= 4 is 23.4 Å². The van der Waals surface area contributed by atoms with Crippen molar-refractivity contribution in [2.75, 3.05) is 13.1 Å². The van der Waals surface area contributed by atoms with Gasteiger partial charge in [-0.3, -0.25) is 9.59 Å². The summed E-state index contributed by atoms with van der Waals surface area (Å²) in [6.45, 7) is 4.06. The zero-order valence-electron chi connectivity index (χ0n) is 13.0. The van der Waals surface area contributed by atoms with Gasteiger partial charge in [0, 0.05) is 12.1 Å². The van der Waals surface area contributed by atoms with Crippen LogP contribution in [0.1, 0.15) is 29.5 Å². The number of carbonyl (C=O) groups is 2. The number of hydrogen-bond donors (Lipinski definition) is 2. The van der Waals surface area contributed by atoms with Gasteiger partial charge in [-0.05, 0) is 19.4 Å². The Hall–Kier alpha value is -2.34. The largest absolute Gasteiger partial charge is 0.360 e. The molecule has 7 heteroatoms. The Morgan fingerprint density at radius 2 is 2.00 bits per heavy atom. The maximum absolute atomic E-state index is 12.4. The van der Waals surface area contributed by atoms with Crippen molar-refractivity contribution in [1.82, 2.24) is 15.8 Å². The van der Waals surface area contributed by atoms with E-state index in [0.29, 0.717) is 28.6 Å². The monoisotopic (exact) mass is 335 g/mol. The number of aryl methyl sites for hydroxylation is 1. The lowest BCUT2D eigenvalue weighted by Gasteiger charge is -2.07. The number of hydrogen-bond acceptors (Lipinski definition) is 4. The second kappa shape index (κ2) is 7.78. The average Bonchev–Trinajstić information content (AvgIpc) is 2.92. The van der Waals surface area contributed by atoms with Crippen LogP contribution in [0.2, 0.25) is 5.02 Å². The Morgan fingerprint density at radius 3 is 2.70 bits per heavy atom. The minimum atomic E-state index is -0.426. The zero-order chi connectivity index (χ0) is 16.8. The highest BCUT2D eigenvalue weighted by Crippen LogP contribution is 2.30. The third-order valence-electron chi connectivity index (χ3n) is 3.20. The van der Waals surface area contributed by atoms with Crippen molar-refractivity contribution in [2.45, 2.75) is 20.3 Å². The molecule has 1 aromatic carbocycles. The molecule has 0 saturated carbocycles. The van der Waals surface area contributed by atoms with E-state index in [4.69, 9.17) is 16.1 Å². The number of rotatable bonds is 6. The molecule has 0 aliphatic rings. The lowest BCUT2D eigenvalue weighted by atomic mass is 10.1. The molecule has 0 saturated heterocycles. The second-order valence-electron chi connectivity index (χ2n) is 4.97. The number of benzene rings is 1. The fraction of sp³-hybridized carbons (Fsp3) is 0.312. The number of aromatic nitrogens is 1. The van der Waals surface area contributed by atoms with Crippen LogP contribution in [0.5, 0.6) is 0 Å². The highest BCUT2D eigenvalue weighted by Gasteiger charge is 2.23. The summed E-state index contributed by atoms with van der Waals surface area (Å²) in [4.78, 5) is 24.0. The Balaban J connectivity index is 2.17. The van der Waals surface area contributed by atoms with E-state index in [1.54, 1.807) is 31.2 Å². The smallest absolute Gasteiger partial charge is 0.257 e. The minimum absolute atomic E-state index is 0.106. The first-order valence-corrected chi connectivity index (χ1v) is 7.68. The number of amides is 2. The standard InChI is InChI=1S/C16H18ClN3O3/c1-3-8-18-13(21)9-19-16(22)14-10(2)23-20-15(14)11-6-4-5-7-12(11)17/h4-7H,3,8-9H2,1-2H3,(H,18,21)(H,19,22). The molecule has 0 unspecified atom stereocenters. The van der Waals surface area contributed by atoms with Gasteiger partial charge in [-0.25, -0.2) is 0 Å². The SMILES string of the molecule is CCCNC(=O)CNC(=O)c1c(-c2ccccc2Cl)noc1C. The molecule has 2 rings (SSSR count). The van der Waals surface area contributed by atoms with Gasteiger partial charge < -0.3 is 15.2 Å². The Kier molecular flexibility index (Phi) is 5.76. The summed E-state index contributed by atoms with van der Waals surface area (Å²) < 4.78 is 5.13. The highest BCUT2D eigenvalue weighted by molar-refractivity contribution is 6.33. The van der Waals surface area contributed by atoms with Crippen LogP contribution in [0.15, 0.2) is 28.8 Å². The molecule has 0 aliphatic carbocycles. The van der Waals surface area contributed by atoms with E-state index in [0.717, 1.165) is 6.42 Å². The van der Waals surface area contributed by atoms with Crippen LogP contribution < -0.4 is 10.6 Å². The summed E-state index contributed by atoms with van der Waals surface area (Å²) >= 11 is 6.15. The van der Waals surface area contributed by atoms with Crippen molar-refractivity contribution in [3.05, 3.63) is 40.6 Å². The van der Waals surface area contributed by atoms with Crippen LogP contribution in [-0.4, -0.2) is 30.1 Å². The van der Waals surface area contributed by atoms with E-state index >= 15 is 0 Å². The third kappa shape index (κ3) is 4.10. The lowest BCUT2D eigenvalue weighted by Crippen LogP contribution is -2.37. The Bertz CT molecular complexity index is 712. The molecule has 2 aromatic rings. The number of nitrogens with zero attached hydrogens (tertiary/aromatic N) is 1. The fourth-order valence-electron chi connectivity index (χ4n) is 2.05. The summed E-state index contributed by atoms with van der Waals surface area (Å²) in [5.41, 5.74) is 1.24. The van der Waals surface area contributed by atoms with E-state index in [1.807, 2.05) is 6.92 Å². The normalized spacial score (nSPS) is 10.4. The summed E-state index contributed by atoms with van der Waals surface area (Å²) in [7, 11) is 0. The van der Waals surface area contributed by atoms with Gasteiger partial charge in [0.2, 0.25) is 5.91 Å². The molecule has 2 amide bonds. The molecule has 0 aliphatic heterocycles. The molecular formula is C16H18ClN3O3. The Labute approximate surface area is 139 Å². The van der Waals surface area contributed by atoms with Gasteiger partial charge in [0.1, 0.15) is 17.0 Å². The van der Waals surface area contributed by atoms with Crippen molar-refractivity contribution in [1.29, 1.82) is 0 Å². The zero-order valence-corrected chi connectivity index (χ0v) is 13.7. The van der Waals surface area contributed by atoms with E-state index < -0.39 is 5.91 Å². The Morgan fingerprint density at radius 1 is 1.26 bits per heavy atom. The molecule has 122 valence electrons. The molecule has 6 nitrogen and oxygen atoms in total. The van der Waals surface area contributed by atoms with Gasteiger partial charge in [0.05, 0.1) is 11.6 Å². The van der Waals surface area contributed by atoms with E-state index in [-0.39, 0.29) is 18.0 Å². The first kappa shape index (κ1) is 17.0. The predicted octanol–water partition coefficient (Wildman–Crippen LogP) is 2.56. The molecular weight excluding hydrogens is 318 g/mol. The molecule has 0 bridgehead atoms. The van der Waals surface area contributed by atoms with Crippen LogP contribution in [0.3, 0.4) is 0 Å². The molecule has 0 spiro atoms. The average molecular weight is 336 g/mol. The maximum atomic E-state index is 12.4. The fourth-order valence-corrected chi connectivity index (χ4v) is 2.28. The third-order valence-corrected chi connectivity index (χ3v) is 3.53. The summed E-state index contributed by atoms with van der Waals surface area (Å²) in [6, 6.07) is 7.05. The maximum Gasteiger partial charge on any atom is 0.257 e. The molecule has 1 heterocycles. The van der Waals surface area contributed by atoms with Crippen molar-refractivity contribution < 1.29 is 14.1 Å². The van der Waals surface area contributed by atoms with E-state index in [2.05, 4.69) is 15.8 Å². The van der Waals surface area contributed by atoms with Gasteiger partial charge in [-0.2, -0.15) is 0 Å².